The fourth-order valence-corrected chi connectivity index (χ4v) is 5.39. The van der Waals surface area contributed by atoms with E-state index in [-0.39, 0.29) is 16.7 Å². The van der Waals surface area contributed by atoms with Gasteiger partial charge in [-0.05, 0) is 46.1 Å². The normalized spacial score (nSPS) is 14.1. The molecule has 1 aliphatic rings. The minimum absolute atomic E-state index is 0.189. The summed E-state index contributed by atoms with van der Waals surface area (Å²) < 4.78 is 27.5. The van der Waals surface area contributed by atoms with Gasteiger partial charge in [-0.3, -0.25) is 4.79 Å². The summed E-state index contributed by atoms with van der Waals surface area (Å²) in [7, 11) is -3.65. The molecular formula is C14H13BrN2O3S2. The van der Waals surface area contributed by atoms with Crippen molar-refractivity contribution in [2.24, 2.45) is 0 Å². The van der Waals surface area contributed by atoms with E-state index in [1.807, 2.05) is 24.3 Å². The number of para-hydroxylation sites is 1. The fourth-order valence-electron chi connectivity index (χ4n) is 2.36. The second kappa shape index (κ2) is 6.11. The van der Waals surface area contributed by atoms with Gasteiger partial charge in [0.2, 0.25) is 5.91 Å². The van der Waals surface area contributed by atoms with Crippen LogP contribution in [-0.2, 0) is 21.2 Å². The topological polar surface area (TPSA) is 66.5 Å². The van der Waals surface area contributed by atoms with Crippen molar-refractivity contribution in [3.8, 4) is 0 Å². The number of rotatable bonds is 4. The van der Waals surface area contributed by atoms with Crippen molar-refractivity contribution in [2.75, 3.05) is 18.0 Å². The Morgan fingerprint density at radius 1 is 1.27 bits per heavy atom. The van der Waals surface area contributed by atoms with E-state index in [1.54, 1.807) is 11.0 Å². The van der Waals surface area contributed by atoms with Crippen LogP contribution in [0.15, 0.2) is 44.4 Å². The molecule has 0 spiro atoms. The highest BCUT2D eigenvalue weighted by atomic mass is 79.9. The van der Waals surface area contributed by atoms with Crippen molar-refractivity contribution in [1.29, 1.82) is 0 Å². The Hall–Kier alpha value is -1.22. The summed E-state index contributed by atoms with van der Waals surface area (Å²) in [5.41, 5.74) is 1.98. The molecule has 1 aliphatic heterocycles. The summed E-state index contributed by atoms with van der Waals surface area (Å²) in [5.74, 6) is -0.246. The average molecular weight is 401 g/mol. The Bertz CT molecular complexity index is 817. The third-order valence-electron chi connectivity index (χ3n) is 3.42. The van der Waals surface area contributed by atoms with Crippen LogP contribution in [0.5, 0.6) is 0 Å². The Morgan fingerprint density at radius 3 is 2.77 bits per heavy atom. The van der Waals surface area contributed by atoms with Crippen molar-refractivity contribution < 1.29 is 13.2 Å². The number of thiophene rings is 1. The Morgan fingerprint density at radius 2 is 2.05 bits per heavy atom. The average Bonchev–Trinajstić information content (AvgIpc) is 3.11. The molecule has 3 rings (SSSR count). The van der Waals surface area contributed by atoms with Gasteiger partial charge in [-0.2, -0.15) is 0 Å². The molecule has 2 heterocycles. The monoisotopic (exact) mass is 400 g/mol. The lowest BCUT2D eigenvalue weighted by molar-refractivity contribution is -0.117. The number of sulfonamides is 1. The molecule has 1 aromatic heterocycles. The summed E-state index contributed by atoms with van der Waals surface area (Å²) in [6.45, 7) is 0.344. The van der Waals surface area contributed by atoms with Crippen molar-refractivity contribution in [3.63, 3.8) is 0 Å². The minimum atomic E-state index is -3.65. The molecular weight excluding hydrogens is 388 g/mol. The first-order valence-corrected chi connectivity index (χ1v) is 9.70. The molecule has 0 radical (unpaired) electrons. The lowest BCUT2D eigenvalue weighted by atomic mass is 10.2. The number of benzene rings is 1. The first kappa shape index (κ1) is 15.7. The second-order valence-electron chi connectivity index (χ2n) is 4.81. The van der Waals surface area contributed by atoms with E-state index in [1.165, 1.54) is 6.07 Å². The van der Waals surface area contributed by atoms with Crippen molar-refractivity contribution in [1.82, 2.24) is 4.72 Å². The van der Waals surface area contributed by atoms with E-state index in [4.69, 9.17) is 0 Å². The van der Waals surface area contributed by atoms with Gasteiger partial charge in [0, 0.05) is 12.2 Å². The van der Waals surface area contributed by atoms with E-state index >= 15 is 0 Å². The lowest BCUT2D eigenvalue weighted by Crippen LogP contribution is -2.39. The third kappa shape index (κ3) is 3.10. The molecule has 0 saturated heterocycles. The number of nitrogens with zero attached hydrogens (tertiary/aromatic N) is 1. The van der Waals surface area contributed by atoms with Gasteiger partial charge < -0.3 is 4.90 Å². The van der Waals surface area contributed by atoms with Crippen LogP contribution in [0.3, 0.4) is 0 Å². The molecule has 1 N–H and O–H groups in total. The highest BCUT2D eigenvalue weighted by molar-refractivity contribution is 9.11. The molecule has 22 heavy (non-hydrogen) atoms. The third-order valence-corrected chi connectivity index (χ3v) is 6.93. The number of carbonyl (C=O) groups is 1. The SMILES string of the molecule is O=C(CNS(=O)(=O)c1ccc(Br)s1)N1CCc2ccccc21. The zero-order valence-electron chi connectivity index (χ0n) is 11.5. The van der Waals surface area contributed by atoms with Crippen molar-refractivity contribution in [3.05, 3.63) is 45.7 Å². The molecule has 1 amide bonds. The molecule has 8 heteroatoms. The van der Waals surface area contributed by atoms with Crippen LogP contribution < -0.4 is 9.62 Å². The standard InChI is InChI=1S/C14H13BrN2O3S2/c15-12-5-6-14(21-12)22(19,20)16-9-13(18)17-8-7-10-3-1-2-4-11(10)17/h1-6,16H,7-9H2. The molecule has 1 aromatic carbocycles. The van der Waals surface area contributed by atoms with Crippen molar-refractivity contribution >= 4 is 48.9 Å². The molecule has 5 nitrogen and oxygen atoms in total. The number of amides is 1. The summed E-state index contributed by atoms with van der Waals surface area (Å²) in [6, 6.07) is 10.8. The van der Waals surface area contributed by atoms with Gasteiger partial charge in [-0.25, -0.2) is 13.1 Å². The predicted octanol–water partition coefficient (Wildman–Crippen LogP) is 2.38. The number of carbonyl (C=O) groups excluding carboxylic acids is 1. The van der Waals surface area contributed by atoms with Gasteiger partial charge in [-0.15, -0.1) is 11.3 Å². The molecule has 0 aliphatic carbocycles. The summed E-state index contributed by atoms with van der Waals surface area (Å²) >= 11 is 4.34. The number of hydrogen-bond acceptors (Lipinski definition) is 4. The molecule has 0 bridgehead atoms. The number of anilines is 1. The zero-order chi connectivity index (χ0) is 15.7. The number of halogens is 1. The lowest BCUT2D eigenvalue weighted by Gasteiger charge is -2.17. The first-order chi connectivity index (χ1) is 10.5. The van der Waals surface area contributed by atoms with E-state index in [9.17, 15) is 13.2 Å². The highest BCUT2D eigenvalue weighted by Crippen LogP contribution is 2.28. The predicted molar refractivity (Wildman–Crippen MR) is 89.7 cm³/mol. The van der Waals surface area contributed by atoms with Crippen LogP contribution in [0, 0.1) is 0 Å². The van der Waals surface area contributed by atoms with Gasteiger partial charge in [0.05, 0.1) is 10.3 Å². The molecule has 0 atom stereocenters. The van der Waals surface area contributed by atoms with E-state index in [0.717, 1.165) is 32.8 Å². The maximum Gasteiger partial charge on any atom is 0.250 e. The van der Waals surface area contributed by atoms with Gasteiger partial charge in [0.15, 0.2) is 0 Å². The van der Waals surface area contributed by atoms with Crippen LogP contribution in [0.1, 0.15) is 5.56 Å². The molecule has 0 saturated carbocycles. The highest BCUT2D eigenvalue weighted by Gasteiger charge is 2.25. The van der Waals surface area contributed by atoms with Gasteiger partial charge in [0.1, 0.15) is 4.21 Å². The van der Waals surface area contributed by atoms with E-state index < -0.39 is 10.0 Å². The zero-order valence-corrected chi connectivity index (χ0v) is 14.7. The van der Waals surface area contributed by atoms with E-state index in [2.05, 4.69) is 20.7 Å². The van der Waals surface area contributed by atoms with Crippen LogP contribution in [-0.4, -0.2) is 27.4 Å². The van der Waals surface area contributed by atoms with Gasteiger partial charge in [-0.1, -0.05) is 18.2 Å². The van der Waals surface area contributed by atoms with Gasteiger partial charge >= 0.3 is 0 Å². The van der Waals surface area contributed by atoms with Gasteiger partial charge in [0.25, 0.3) is 10.0 Å². The van der Waals surface area contributed by atoms with Crippen LogP contribution >= 0.6 is 27.3 Å². The first-order valence-electron chi connectivity index (χ1n) is 6.61. The number of fused-ring (bicyclic) bond motifs is 1. The number of nitrogens with one attached hydrogen (secondary N) is 1. The Labute approximate surface area is 141 Å². The largest absolute Gasteiger partial charge is 0.311 e. The Kier molecular flexibility index (Phi) is 4.35. The summed E-state index contributed by atoms with van der Waals surface area (Å²) in [5, 5.41) is 0. The summed E-state index contributed by atoms with van der Waals surface area (Å²) in [6.07, 6.45) is 0.798. The van der Waals surface area contributed by atoms with Crippen LogP contribution in [0.4, 0.5) is 5.69 Å². The maximum absolute atomic E-state index is 12.3. The molecule has 0 unspecified atom stereocenters. The Balaban J connectivity index is 1.69. The fraction of sp³-hybridized carbons (Fsp3) is 0.214. The quantitative estimate of drug-likeness (QED) is 0.856. The molecule has 2 aromatic rings. The van der Waals surface area contributed by atoms with Crippen molar-refractivity contribution in [2.45, 2.75) is 10.6 Å². The summed E-state index contributed by atoms with van der Waals surface area (Å²) in [4.78, 5) is 13.9. The van der Waals surface area contributed by atoms with E-state index in [0.29, 0.717) is 6.54 Å². The minimum Gasteiger partial charge on any atom is -0.311 e. The van der Waals surface area contributed by atoms with Crippen LogP contribution in [0.25, 0.3) is 0 Å². The molecule has 116 valence electrons. The smallest absolute Gasteiger partial charge is 0.250 e. The molecule has 0 fully saturated rings. The maximum atomic E-state index is 12.3. The number of hydrogen-bond donors (Lipinski definition) is 1. The second-order valence-corrected chi connectivity index (χ2v) is 9.26. The van der Waals surface area contributed by atoms with Crippen LogP contribution in [0.2, 0.25) is 0 Å².